The third-order valence-electron chi connectivity index (χ3n) is 8.82. The first kappa shape index (κ1) is 38.1. The molecule has 7 N–H and O–H groups in total. The van der Waals surface area contributed by atoms with Gasteiger partial charge in [0.25, 0.3) is 0 Å². The smallest absolute Gasteiger partial charge is 0.342 e. The van der Waals surface area contributed by atoms with Crippen LogP contribution in [0.3, 0.4) is 0 Å². The Morgan fingerprint density at radius 2 is 1.76 bits per heavy atom. The topological polar surface area (TPSA) is 242 Å². The summed E-state index contributed by atoms with van der Waals surface area (Å²) in [6, 6.07) is 6.49. The van der Waals surface area contributed by atoms with Gasteiger partial charge in [-0.1, -0.05) is 70.9 Å². The highest BCUT2D eigenvalue weighted by molar-refractivity contribution is 7.54. The minimum absolute atomic E-state index is 0.0402. The number of ether oxygens (including phenoxy) is 3. The fourth-order valence-electron chi connectivity index (χ4n) is 5.38. The molecule has 17 nitrogen and oxygen atoms in total. The Balaban J connectivity index is 1.61. The number of benzene rings is 1. The van der Waals surface area contributed by atoms with E-state index in [2.05, 4.69) is 25.1 Å². The summed E-state index contributed by atoms with van der Waals surface area (Å²) < 4.78 is 38.7. The van der Waals surface area contributed by atoms with Crippen LogP contribution in [0.5, 0.6) is 5.88 Å². The predicted octanol–water partition coefficient (Wildman–Crippen LogP) is 2.39. The number of aliphatic hydroxyl groups excluding tert-OH is 1. The van der Waals surface area contributed by atoms with E-state index >= 15 is 0 Å². The van der Waals surface area contributed by atoms with Crippen LogP contribution in [0, 0.1) is 11.8 Å². The van der Waals surface area contributed by atoms with Crippen LogP contribution in [0.4, 0.5) is 5.95 Å². The second kappa shape index (κ2) is 15.9. The number of carboxylic acid groups (broad SMARTS) is 1. The van der Waals surface area contributed by atoms with Crippen LogP contribution in [0.25, 0.3) is 11.2 Å². The number of carbonyl (C=O) groups excluding carboxylic acids is 1. The van der Waals surface area contributed by atoms with Crippen LogP contribution in [-0.2, 0) is 34.8 Å². The number of aromatic nitrogens is 4. The number of carboxylic acids is 1. The number of hydrogen-bond donors (Lipinski definition) is 6. The number of carbonyl (C=O) groups is 2. The molecular weight excluding hydrogens is 661 g/mol. The molecule has 0 saturated carbocycles. The van der Waals surface area contributed by atoms with Gasteiger partial charge in [-0.15, -0.1) is 0 Å². The maximum Gasteiger partial charge on any atom is 0.342 e. The van der Waals surface area contributed by atoms with Gasteiger partial charge in [0.05, 0.1) is 20.0 Å². The third-order valence-corrected chi connectivity index (χ3v) is 10.6. The molecular formula is C31H46N7O10P. The lowest BCUT2D eigenvalue weighted by atomic mass is 9.96. The van der Waals surface area contributed by atoms with E-state index in [0.29, 0.717) is 12.8 Å². The summed E-state index contributed by atoms with van der Waals surface area (Å²) in [5, 5.41) is 38.0. The molecule has 4 rings (SSSR count). The van der Waals surface area contributed by atoms with Crippen molar-refractivity contribution in [2.75, 3.05) is 19.5 Å². The number of nitrogen functional groups attached to an aromatic ring is 1. The number of imidazole rings is 1. The molecule has 1 aliphatic heterocycles. The lowest BCUT2D eigenvalue weighted by molar-refractivity contribution is -0.148. The van der Waals surface area contributed by atoms with Gasteiger partial charge in [0.2, 0.25) is 11.8 Å². The van der Waals surface area contributed by atoms with Gasteiger partial charge in [-0.05, 0) is 24.3 Å². The largest absolute Gasteiger partial charge is 0.480 e. The van der Waals surface area contributed by atoms with E-state index in [1.54, 1.807) is 45.0 Å². The minimum Gasteiger partial charge on any atom is -0.480 e. The van der Waals surface area contributed by atoms with Crippen molar-refractivity contribution in [3.8, 4) is 5.88 Å². The first-order chi connectivity index (χ1) is 23.1. The van der Waals surface area contributed by atoms with Gasteiger partial charge in [0, 0.05) is 0 Å². The molecule has 1 unspecified atom stereocenters. The van der Waals surface area contributed by atoms with E-state index in [1.165, 1.54) is 24.9 Å². The number of esters is 1. The van der Waals surface area contributed by atoms with Crippen molar-refractivity contribution in [3.05, 3.63) is 42.2 Å². The molecule has 0 spiro atoms. The zero-order valence-electron chi connectivity index (χ0n) is 28.3. The molecule has 0 aliphatic carbocycles. The third kappa shape index (κ3) is 8.55. The number of anilines is 1. The summed E-state index contributed by atoms with van der Waals surface area (Å²) in [5.74, 6) is -2.96. The fourth-order valence-corrected chi connectivity index (χ4v) is 7.42. The van der Waals surface area contributed by atoms with Crippen molar-refractivity contribution < 1.29 is 48.2 Å². The van der Waals surface area contributed by atoms with Crippen molar-refractivity contribution in [1.82, 2.24) is 29.7 Å². The van der Waals surface area contributed by atoms with Crippen LogP contribution < -0.4 is 20.6 Å². The van der Waals surface area contributed by atoms with Crippen molar-refractivity contribution in [1.29, 1.82) is 0 Å². The number of rotatable bonds is 17. The van der Waals surface area contributed by atoms with Gasteiger partial charge in [-0.3, -0.25) is 18.7 Å². The number of nitrogens with one attached hydrogen (secondary N) is 2. The maximum atomic E-state index is 14.6. The van der Waals surface area contributed by atoms with Gasteiger partial charge >= 0.3 is 19.6 Å². The average molecular weight is 708 g/mol. The summed E-state index contributed by atoms with van der Waals surface area (Å²) in [5.41, 5.74) is 5.00. The van der Waals surface area contributed by atoms with Crippen LogP contribution in [-0.4, -0.2) is 90.4 Å². The highest BCUT2D eigenvalue weighted by Crippen LogP contribution is 2.45. The summed E-state index contributed by atoms with van der Waals surface area (Å²) in [6.07, 6.45) is -1.98. The maximum absolute atomic E-state index is 14.6. The minimum atomic E-state index is -4.45. The van der Waals surface area contributed by atoms with Crippen molar-refractivity contribution >= 4 is 36.7 Å². The van der Waals surface area contributed by atoms with Crippen molar-refractivity contribution in [3.63, 3.8) is 0 Å². The molecule has 0 amide bonds. The molecule has 270 valence electrons. The molecule has 1 fully saturated rings. The first-order valence-electron chi connectivity index (χ1n) is 16.0. The van der Waals surface area contributed by atoms with Gasteiger partial charge in [-0.25, -0.2) is 15.2 Å². The number of aliphatic hydroxyl groups is 2. The highest BCUT2D eigenvalue weighted by Gasteiger charge is 2.54. The predicted molar refractivity (Wildman–Crippen MR) is 177 cm³/mol. The Hall–Kier alpha value is -3.70. The van der Waals surface area contributed by atoms with E-state index in [1.807, 2.05) is 13.0 Å². The number of nitrogens with two attached hydrogens (primary N) is 1. The van der Waals surface area contributed by atoms with Crippen LogP contribution in [0.15, 0.2) is 36.7 Å². The zero-order valence-corrected chi connectivity index (χ0v) is 29.2. The molecule has 3 heterocycles. The Bertz CT molecular complexity index is 1640. The second-order valence-electron chi connectivity index (χ2n) is 12.4. The summed E-state index contributed by atoms with van der Waals surface area (Å²) in [4.78, 5) is 38.1. The van der Waals surface area contributed by atoms with E-state index < -0.39 is 74.2 Å². The summed E-state index contributed by atoms with van der Waals surface area (Å²) >= 11 is 0. The van der Waals surface area contributed by atoms with E-state index in [4.69, 9.17) is 24.5 Å². The SMILES string of the molecule is CC[C@@H](C)[C@H](NP(=O)(N[C@H](C(=O)OCc1ccccc1)[C@H](C)CC)OC[C@H]1O[C@@H](n2cnc3c(OC)nc(N)nc32)[C@](C)(O)[C@@H]1O)C(=O)O. The average Bonchev–Trinajstić information content (AvgIpc) is 3.59. The molecule has 0 bridgehead atoms. The lowest BCUT2D eigenvalue weighted by Gasteiger charge is -2.32. The van der Waals surface area contributed by atoms with Crippen molar-refractivity contribution in [2.45, 2.75) is 90.2 Å². The number of methoxy groups -OCH3 is 1. The lowest BCUT2D eigenvalue weighted by Crippen LogP contribution is -2.49. The number of aliphatic carboxylic acids is 1. The Morgan fingerprint density at radius 3 is 2.37 bits per heavy atom. The summed E-state index contributed by atoms with van der Waals surface area (Å²) in [7, 11) is -3.07. The monoisotopic (exact) mass is 707 g/mol. The van der Waals surface area contributed by atoms with E-state index in [9.17, 15) is 29.5 Å². The number of fused-ring (bicyclic) bond motifs is 1. The molecule has 1 saturated heterocycles. The molecule has 3 aromatic rings. The molecule has 49 heavy (non-hydrogen) atoms. The molecule has 9 atom stereocenters. The molecule has 1 aliphatic rings. The number of nitrogens with zero attached hydrogens (tertiary/aromatic N) is 4. The van der Waals surface area contributed by atoms with Crippen LogP contribution in [0.1, 0.15) is 59.3 Å². The quantitative estimate of drug-likeness (QED) is 0.0871. The van der Waals surface area contributed by atoms with Gasteiger partial charge in [0.15, 0.2) is 17.4 Å². The zero-order chi connectivity index (χ0) is 36.1. The van der Waals surface area contributed by atoms with E-state index in [0.717, 1.165) is 5.56 Å². The Kier molecular flexibility index (Phi) is 12.4. The molecule has 2 aromatic heterocycles. The number of hydrogen-bond acceptors (Lipinski definition) is 13. The summed E-state index contributed by atoms with van der Waals surface area (Å²) in [6.45, 7) is 7.73. The van der Waals surface area contributed by atoms with Crippen LogP contribution in [0.2, 0.25) is 0 Å². The highest BCUT2D eigenvalue weighted by atomic mass is 31.2. The molecule has 1 aromatic carbocycles. The van der Waals surface area contributed by atoms with Crippen molar-refractivity contribution in [2.24, 2.45) is 11.8 Å². The second-order valence-corrected chi connectivity index (χ2v) is 14.3. The van der Waals surface area contributed by atoms with Crippen LogP contribution >= 0.6 is 7.67 Å². The fraction of sp³-hybridized carbons (Fsp3) is 0.581. The van der Waals surface area contributed by atoms with Gasteiger partial charge in [0.1, 0.15) is 36.5 Å². The standard InChI is InChI=1S/C31H46N7O10P/c1-7-17(3)21(27(40)41)36-49(44,37-22(18(4)8-2)28(42)46-14-19-12-10-9-11-13-19)47-15-20-24(39)31(5,43)29(48-20)38-16-33-23-25(38)34-30(32)35-26(23)45-6/h9-13,16-18,20-22,24,29,39,43H,7-8,14-15H2,1-6H3,(H,40,41)(H2,32,34,35)(H2,36,37,44)/t17-,18-,20-,21+,22+,24-,29-,31-,49?/m1/s1. The molecule has 0 radical (unpaired) electrons. The Labute approximate surface area is 284 Å². The van der Waals surface area contributed by atoms with E-state index in [-0.39, 0.29) is 29.6 Å². The van der Waals surface area contributed by atoms with Gasteiger partial charge < -0.3 is 39.8 Å². The van der Waals surface area contributed by atoms with Gasteiger partial charge in [-0.2, -0.15) is 9.97 Å². The Morgan fingerprint density at radius 1 is 1.12 bits per heavy atom. The normalized spacial score (nSPS) is 24.5. The molecule has 18 heteroatoms. The first-order valence-corrected chi connectivity index (χ1v) is 17.6.